The maximum atomic E-state index is 13.8. The van der Waals surface area contributed by atoms with E-state index in [0.717, 1.165) is 0 Å². The maximum Gasteiger partial charge on any atom is 0.229 e. The molecule has 1 fully saturated rings. The van der Waals surface area contributed by atoms with Crippen LogP contribution in [0.1, 0.15) is 13.3 Å². The summed E-state index contributed by atoms with van der Waals surface area (Å²) in [5.74, 6) is -0.347. The highest BCUT2D eigenvalue weighted by Crippen LogP contribution is 2.27. The van der Waals surface area contributed by atoms with Crippen molar-refractivity contribution in [2.45, 2.75) is 19.4 Å². The zero-order valence-electron chi connectivity index (χ0n) is 9.52. The minimum Gasteiger partial charge on any atom is -0.494 e. The molecule has 1 heterocycles. The number of benzene rings is 1. The van der Waals surface area contributed by atoms with Crippen LogP contribution in [0.2, 0.25) is 0 Å². The summed E-state index contributed by atoms with van der Waals surface area (Å²) >= 11 is 0. The van der Waals surface area contributed by atoms with Gasteiger partial charge in [0, 0.05) is 6.07 Å². The van der Waals surface area contributed by atoms with Crippen LogP contribution in [0.3, 0.4) is 0 Å². The van der Waals surface area contributed by atoms with Crippen LogP contribution in [0, 0.1) is 5.82 Å². The van der Waals surface area contributed by atoms with Gasteiger partial charge in [0.25, 0.3) is 0 Å². The molecule has 1 amide bonds. The van der Waals surface area contributed by atoms with Crippen LogP contribution in [-0.4, -0.2) is 30.3 Å². The molecule has 1 atom stereocenters. The Kier molecular flexibility index (Phi) is 3.28. The third-order valence-electron chi connectivity index (χ3n) is 2.63. The van der Waals surface area contributed by atoms with Crippen molar-refractivity contribution in [3.05, 3.63) is 24.0 Å². The third kappa shape index (κ3) is 2.39. The number of halogens is 1. The molecule has 1 aromatic carbocycles. The number of anilines is 1. The van der Waals surface area contributed by atoms with Crippen molar-refractivity contribution in [2.24, 2.45) is 0 Å². The second kappa shape index (κ2) is 4.71. The highest BCUT2D eigenvalue weighted by molar-refractivity contribution is 5.96. The van der Waals surface area contributed by atoms with Crippen molar-refractivity contribution in [1.82, 2.24) is 0 Å². The summed E-state index contributed by atoms with van der Waals surface area (Å²) < 4.78 is 18.9. The predicted octanol–water partition coefficient (Wildman–Crippen LogP) is 1.32. The molecule has 1 aliphatic heterocycles. The van der Waals surface area contributed by atoms with E-state index in [4.69, 9.17) is 4.74 Å². The largest absolute Gasteiger partial charge is 0.494 e. The summed E-state index contributed by atoms with van der Waals surface area (Å²) in [5.41, 5.74) is 0.190. The lowest BCUT2D eigenvalue weighted by molar-refractivity contribution is -0.117. The average molecular weight is 239 g/mol. The molecule has 4 nitrogen and oxygen atoms in total. The fourth-order valence-corrected chi connectivity index (χ4v) is 1.88. The van der Waals surface area contributed by atoms with Gasteiger partial charge in [0.1, 0.15) is 5.75 Å². The normalized spacial score (nSPS) is 19.8. The van der Waals surface area contributed by atoms with Crippen molar-refractivity contribution in [2.75, 3.05) is 18.1 Å². The molecule has 0 radical (unpaired) electrons. The Morgan fingerprint density at radius 1 is 1.59 bits per heavy atom. The highest BCUT2D eigenvalue weighted by Gasteiger charge is 2.30. The topological polar surface area (TPSA) is 49.8 Å². The van der Waals surface area contributed by atoms with E-state index >= 15 is 0 Å². The van der Waals surface area contributed by atoms with E-state index in [-0.39, 0.29) is 24.6 Å². The molecule has 5 heteroatoms. The lowest BCUT2D eigenvalue weighted by Gasteiger charge is -2.17. The minimum atomic E-state index is -0.714. The molecule has 0 spiro atoms. The number of β-amino-alcohol motifs (C(OH)–C–C–N with tert-alkyl or cyclic N) is 1. The van der Waals surface area contributed by atoms with Gasteiger partial charge >= 0.3 is 0 Å². The first-order chi connectivity index (χ1) is 8.11. The summed E-state index contributed by atoms with van der Waals surface area (Å²) in [4.78, 5) is 12.8. The third-order valence-corrected chi connectivity index (χ3v) is 2.63. The van der Waals surface area contributed by atoms with Crippen molar-refractivity contribution in [1.29, 1.82) is 0 Å². The smallest absolute Gasteiger partial charge is 0.229 e. The number of aliphatic hydroxyl groups is 1. The minimum absolute atomic E-state index is 0.0483. The number of hydrogen-bond donors (Lipinski definition) is 1. The van der Waals surface area contributed by atoms with Crippen molar-refractivity contribution < 1.29 is 19.0 Å². The number of carbonyl (C=O) groups excluding carboxylic acids is 1. The Bertz CT molecular complexity index is 436. The molecular weight excluding hydrogens is 225 g/mol. The number of rotatable bonds is 3. The van der Waals surface area contributed by atoms with E-state index in [2.05, 4.69) is 0 Å². The number of ether oxygens (including phenoxy) is 1. The Labute approximate surface area is 98.6 Å². The monoisotopic (exact) mass is 239 g/mol. The Hall–Kier alpha value is -1.62. The zero-order chi connectivity index (χ0) is 12.4. The van der Waals surface area contributed by atoms with Crippen molar-refractivity contribution in [3.63, 3.8) is 0 Å². The maximum absolute atomic E-state index is 13.8. The van der Waals surface area contributed by atoms with Gasteiger partial charge in [0.2, 0.25) is 5.91 Å². The zero-order valence-corrected chi connectivity index (χ0v) is 9.52. The Morgan fingerprint density at radius 2 is 2.35 bits per heavy atom. The lowest BCUT2D eigenvalue weighted by atomic mass is 10.2. The number of aliphatic hydroxyl groups excluding tert-OH is 1. The summed E-state index contributed by atoms with van der Waals surface area (Å²) in [5, 5.41) is 9.35. The van der Waals surface area contributed by atoms with Crippen LogP contribution in [0.15, 0.2) is 18.2 Å². The average Bonchev–Trinajstić information content (AvgIpc) is 2.58. The van der Waals surface area contributed by atoms with Gasteiger partial charge in [-0.15, -0.1) is 0 Å². The number of amides is 1. The fraction of sp³-hybridized carbons (Fsp3) is 0.417. The van der Waals surface area contributed by atoms with Crippen LogP contribution in [0.5, 0.6) is 5.75 Å². The molecule has 1 saturated heterocycles. The van der Waals surface area contributed by atoms with E-state index in [9.17, 15) is 14.3 Å². The standard InChI is InChI=1S/C12H14FNO3/c1-2-17-9-3-4-11(10(13)6-9)14-7-8(15)5-12(14)16/h3-4,6,8,15H,2,5,7H2,1H3. The second-order valence-electron chi connectivity index (χ2n) is 3.91. The van der Waals surface area contributed by atoms with Crippen LogP contribution >= 0.6 is 0 Å². The molecule has 0 saturated carbocycles. The van der Waals surface area contributed by atoms with E-state index in [1.807, 2.05) is 6.92 Å². The SMILES string of the molecule is CCOc1ccc(N2CC(O)CC2=O)c(F)c1. The van der Waals surface area contributed by atoms with Crippen molar-refractivity contribution in [3.8, 4) is 5.75 Å². The summed E-state index contributed by atoms with van der Waals surface area (Å²) in [6.07, 6.45) is -0.666. The molecule has 0 bridgehead atoms. The van der Waals surface area contributed by atoms with E-state index < -0.39 is 11.9 Å². The summed E-state index contributed by atoms with van der Waals surface area (Å²) in [6, 6.07) is 4.35. The van der Waals surface area contributed by atoms with E-state index in [0.29, 0.717) is 12.4 Å². The van der Waals surface area contributed by atoms with Gasteiger partial charge in [-0.05, 0) is 19.1 Å². The molecule has 92 valence electrons. The second-order valence-corrected chi connectivity index (χ2v) is 3.91. The molecule has 1 aliphatic rings. The number of carbonyl (C=O) groups is 1. The molecule has 1 N–H and O–H groups in total. The Morgan fingerprint density at radius 3 is 2.88 bits per heavy atom. The van der Waals surface area contributed by atoms with Gasteiger partial charge in [-0.2, -0.15) is 0 Å². The van der Waals surface area contributed by atoms with Gasteiger partial charge < -0.3 is 14.7 Å². The number of nitrogens with zero attached hydrogens (tertiary/aromatic N) is 1. The van der Waals surface area contributed by atoms with Gasteiger partial charge in [-0.25, -0.2) is 4.39 Å². The van der Waals surface area contributed by atoms with Crippen LogP contribution < -0.4 is 9.64 Å². The highest BCUT2D eigenvalue weighted by atomic mass is 19.1. The van der Waals surface area contributed by atoms with Gasteiger partial charge in [0.15, 0.2) is 5.82 Å². The molecule has 1 aromatic rings. The molecule has 1 unspecified atom stereocenters. The van der Waals surface area contributed by atoms with Gasteiger partial charge in [-0.1, -0.05) is 0 Å². The van der Waals surface area contributed by atoms with E-state index in [1.54, 1.807) is 6.07 Å². The lowest BCUT2D eigenvalue weighted by Crippen LogP contribution is -2.26. The Balaban J connectivity index is 2.24. The van der Waals surface area contributed by atoms with Crippen LogP contribution in [0.4, 0.5) is 10.1 Å². The first kappa shape index (κ1) is 11.9. The quantitative estimate of drug-likeness (QED) is 0.865. The molecule has 0 aromatic heterocycles. The summed E-state index contributed by atoms with van der Waals surface area (Å²) in [6.45, 7) is 2.41. The van der Waals surface area contributed by atoms with Gasteiger partial charge in [-0.3, -0.25) is 4.79 Å². The molecule has 17 heavy (non-hydrogen) atoms. The van der Waals surface area contributed by atoms with Crippen LogP contribution in [-0.2, 0) is 4.79 Å². The molecule has 0 aliphatic carbocycles. The first-order valence-corrected chi connectivity index (χ1v) is 5.52. The van der Waals surface area contributed by atoms with Gasteiger partial charge in [0.05, 0.1) is 31.4 Å². The van der Waals surface area contributed by atoms with E-state index in [1.165, 1.54) is 17.0 Å². The fourth-order valence-electron chi connectivity index (χ4n) is 1.88. The van der Waals surface area contributed by atoms with Crippen molar-refractivity contribution >= 4 is 11.6 Å². The molecule has 2 rings (SSSR count). The predicted molar refractivity (Wildman–Crippen MR) is 60.5 cm³/mol. The van der Waals surface area contributed by atoms with Crippen LogP contribution in [0.25, 0.3) is 0 Å². The summed E-state index contributed by atoms with van der Waals surface area (Å²) in [7, 11) is 0. The molecular formula is C12H14FNO3. The first-order valence-electron chi connectivity index (χ1n) is 5.52. The number of hydrogen-bond acceptors (Lipinski definition) is 3.